The van der Waals surface area contributed by atoms with Gasteiger partial charge >= 0.3 is 0 Å². The smallest absolute Gasteiger partial charge is 0.244 e. The second kappa shape index (κ2) is 4.84. The fourth-order valence-electron chi connectivity index (χ4n) is 4.04. The van der Waals surface area contributed by atoms with E-state index in [1.165, 1.54) is 36.8 Å². The Morgan fingerprint density at radius 2 is 2.05 bits per heavy atom. The van der Waals surface area contributed by atoms with Crippen LogP contribution in [-0.2, 0) is 4.79 Å². The van der Waals surface area contributed by atoms with E-state index in [2.05, 4.69) is 41.4 Å². The Balaban J connectivity index is 1.61. The average Bonchev–Trinajstić information content (AvgIpc) is 2.98. The number of benzene rings is 1. The van der Waals surface area contributed by atoms with Crippen LogP contribution in [0.25, 0.3) is 0 Å². The minimum atomic E-state index is -0.215. The van der Waals surface area contributed by atoms with Crippen LogP contribution >= 0.6 is 0 Å². The summed E-state index contributed by atoms with van der Waals surface area (Å²) in [7, 11) is 0. The van der Waals surface area contributed by atoms with Crippen molar-refractivity contribution in [3.05, 3.63) is 35.4 Å². The van der Waals surface area contributed by atoms with Gasteiger partial charge in [0.2, 0.25) is 5.91 Å². The molecule has 1 spiro atoms. The van der Waals surface area contributed by atoms with Crippen LogP contribution in [0.4, 0.5) is 0 Å². The Morgan fingerprint density at radius 3 is 2.71 bits per heavy atom. The summed E-state index contributed by atoms with van der Waals surface area (Å²) in [4.78, 5) is 14.9. The molecular formula is C18H24N2O. The SMILES string of the molecule is Cc1cccc(C2NC3(CC3)C(=O)N2CC2CCCC2)c1. The summed E-state index contributed by atoms with van der Waals surface area (Å²) in [5.74, 6) is 1.05. The van der Waals surface area contributed by atoms with Gasteiger partial charge in [-0.1, -0.05) is 42.7 Å². The molecule has 1 amide bonds. The molecule has 0 aromatic heterocycles. The highest BCUT2D eigenvalue weighted by atomic mass is 16.2. The molecule has 3 fully saturated rings. The van der Waals surface area contributed by atoms with E-state index < -0.39 is 0 Å². The molecule has 2 saturated carbocycles. The Morgan fingerprint density at radius 1 is 1.29 bits per heavy atom. The third-order valence-electron chi connectivity index (χ3n) is 5.43. The van der Waals surface area contributed by atoms with Gasteiger partial charge in [0.1, 0.15) is 11.7 Å². The fourth-order valence-corrected chi connectivity index (χ4v) is 4.04. The van der Waals surface area contributed by atoms with Gasteiger partial charge in [-0.3, -0.25) is 10.1 Å². The van der Waals surface area contributed by atoms with Crippen molar-refractivity contribution in [2.75, 3.05) is 6.54 Å². The second-order valence-corrected chi connectivity index (χ2v) is 7.15. The van der Waals surface area contributed by atoms with Crippen molar-refractivity contribution < 1.29 is 4.79 Å². The number of aryl methyl sites for hydroxylation is 1. The van der Waals surface area contributed by atoms with Crippen LogP contribution in [0.1, 0.15) is 55.8 Å². The van der Waals surface area contributed by atoms with Crippen LogP contribution in [0.5, 0.6) is 0 Å². The van der Waals surface area contributed by atoms with Gasteiger partial charge < -0.3 is 4.90 Å². The van der Waals surface area contributed by atoms with Gasteiger partial charge in [-0.15, -0.1) is 0 Å². The topological polar surface area (TPSA) is 32.3 Å². The highest BCUT2D eigenvalue weighted by molar-refractivity contribution is 5.92. The van der Waals surface area contributed by atoms with Crippen LogP contribution in [0.3, 0.4) is 0 Å². The molecule has 1 unspecified atom stereocenters. The minimum Gasteiger partial charge on any atom is -0.321 e. The predicted molar refractivity (Wildman–Crippen MR) is 82.7 cm³/mol. The lowest BCUT2D eigenvalue weighted by molar-refractivity contribution is -0.131. The molecule has 1 aliphatic heterocycles. The first-order chi connectivity index (χ1) is 10.2. The summed E-state index contributed by atoms with van der Waals surface area (Å²) in [5.41, 5.74) is 2.29. The van der Waals surface area contributed by atoms with E-state index in [-0.39, 0.29) is 11.7 Å². The lowest BCUT2D eigenvalue weighted by atomic mass is 10.1. The monoisotopic (exact) mass is 284 g/mol. The summed E-state index contributed by atoms with van der Waals surface area (Å²) >= 11 is 0. The molecule has 21 heavy (non-hydrogen) atoms. The van der Waals surface area contributed by atoms with Gasteiger partial charge in [0, 0.05) is 6.54 Å². The molecule has 1 atom stereocenters. The maximum Gasteiger partial charge on any atom is 0.244 e. The van der Waals surface area contributed by atoms with E-state index in [0.717, 1.165) is 19.4 Å². The van der Waals surface area contributed by atoms with E-state index in [0.29, 0.717) is 11.8 Å². The second-order valence-electron chi connectivity index (χ2n) is 7.15. The molecule has 1 saturated heterocycles. The third-order valence-corrected chi connectivity index (χ3v) is 5.43. The van der Waals surface area contributed by atoms with Crippen LogP contribution in [0.2, 0.25) is 0 Å². The number of nitrogens with zero attached hydrogens (tertiary/aromatic N) is 1. The van der Waals surface area contributed by atoms with E-state index in [1.807, 2.05) is 0 Å². The van der Waals surface area contributed by atoms with Crippen molar-refractivity contribution in [3.63, 3.8) is 0 Å². The summed E-state index contributed by atoms with van der Waals surface area (Å²) in [6.45, 7) is 3.06. The van der Waals surface area contributed by atoms with E-state index in [1.54, 1.807) is 0 Å². The third kappa shape index (κ3) is 2.28. The molecule has 3 heteroatoms. The number of amides is 1. The zero-order chi connectivity index (χ0) is 14.4. The summed E-state index contributed by atoms with van der Waals surface area (Å²) < 4.78 is 0. The van der Waals surface area contributed by atoms with Crippen molar-refractivity contribution >= 4 is 5.91 Å². The lowest BCUT2D eigenvalue weighted by Gasteiger charge is -2.27. The van der Waals surface area contributed by atoms with Gasteiger partial charge in [0.25, 0.3) is 0 Å². The molecule has 3 nitrogen and oxygen atoms in total. The van der Waals surface area contributed by atoms with Crippen LogP contribution in [0.15, 0.2) is 24.3 Å². The van der Waals surface area contributed by atoms with Crippen molar-refractivity contribution in [1.29, 1.82) is 0 Å². The zero-order valence-corrected chi connectivity index (χ0v) is 12.8. The summed E-state index contributed by atoms with van der Waals surface area (Å²) in [6, 6.07) is 8.59. The molecule has 1 aromatic carbocycles. The summed E-state index contributed by atoms with van der Waals surface area (Å²) in [5, 5.41) is 3.64. The van der Waals surface area contributed by atoms with Crippen molar-refractivity contribution in [3.8, 4) is 0 Å². The van der Waals surface area contributed by atoms with E-state index >= 15 is 0 Å². The predicted octanol–water partition coefficient (Wildman–Crippen LogP) is 3.15. The van der Waals surface area contributed by atoms with Gasteiger partial charge in [0.15, 0.2) is 0 Å². The first-order valence-corrected chi connectivity index (χ1v) is 8.33. The number of hydrogen-bond acceptors (Lipinski definition) is 2. The molecule has 1 heterocycles. The minimum absolute atomic E-state index is 0.0838. The molecule has 1 N–H and O–H groups in total. The number of carbonyl (C=O) groups is 1. The van der Waals surface area contributed by atoms with Gasteiger partial charge in [-0.25, -0.2) is 0 Å². The molecule has 112 valence electrons. The number of nitrogens with one attached hydrogen (secondary N) is 1. The first kappa shape index (κ1) is 13.3. The van der Waals surface area contributed by atoms with Gasteiger partial charge in [0.05, 0.1) is 0 Å². The highest BCUT2D eigenvalue weighted by Crippen LogP contribution is 2.46. The van der Waals surface area contributed by atoms with E-state index in [4.69, 9.17) is 0 Å². The van der Waals surface area contributed by atoms with E-state index in [9.17, 15) is 4.79 Å². The fraction of sp³-hybridized carbons (Fsp3) is 0.611. The summed E-state index contributed by atoms with van der Waals surface area (Å²) in [6.07, 6.45) is 7.35. The van der Waals surface area contributed by atoms with Crippen LogP contribution < -0.4 is 5.32 Å². The zero-order valence-electron chi connectivity index (χ0n) is 12.8. The maximum atomic E-state index is 12.8. The molecule has 0 radical (unpaired) electrons. The number of carbonyl (C=O) groups excluding carboxylic acids is 1. The molecule has 4 rings (SSSR count). The Labute approximate surface area is 126 Å². The standard InChI is InChI=1S/C18H24N2O/c1-13-5-4-8-15(11-13)16-19-18(9-10-18)17(21)20(16)12-14-6-2-3-7-14/h4-5,8,11,14,16,19H,2-3,6-7,9-10,12H2,1H3. The maximum absolute atomic E-state index is 12.8. The van der Waals surface area contributed by atoms with Gasteiger partial charge in [-0.2, -0.15) is 0 Å². The normalized spacial score (nSPS) is 27.8. The number of hydrogen-bond donors (Lipinski definition) is 1. The Kier molecular flexibility index (Phi) is 3.07. The molecular weight excluding hydrogens is 260 g/mol. The van der Waals surface area contributed by atoms with Crippen molar-refractivity contribution in [2.24, 2.45) is 5.92 Å². The molecule has 2 aliphatic carbocycles. The average molecular weight is 284 g/mol. The number of rotatable bonds is 3. The Hall–Kier alpha value is -1.35. The molecule has 3 aliphatic rings. The lowest BCUT2D eigenvalue weighted by Crippen LogP contribution is -2.35. The van der Waals surface area contributed by atoms with Crippen molar-refractivity contribution in [2.45, 2.75) is 57.2 Å². The van der Waals surface area contributed by atoms with Crippen molar-refractivity contribution in [1.82, 2.24) is 10.2 Å². The Bertz CT molecular complexity index is 558. The van der Waals surface area contributed by atoms with Crippen LogP contribution in [0, 0.1) is 12.8 Å². The quantitative estimate of drug-likeness (QED) is 0.924. The first-order valence-electron chi connectivity index (χ1n) is 8.33. The van der Waals surface area contributed by atoms with Gasteiger partial charge in [-0.05, 0) is 44.1 Å². The molecule has 0 bridgehead atoms. The largest absolute Gasteiger partial charge is 0.321 e. The molecule has 1 aromatic rings. The highest BCUT2D eigenvalue weighted by Gasteiger charge is 2.59. The van der Waals surface area contributed by atoms with Crippen LogP contribution in [-0.4, -0.2) is 22.9 Å².